The first-order valence-corrected chi connectivity index (χ1v) is 6.80. The smallest absolute Gasteiger partial charge is 0.0436 e. The van der Waals surface area contributed by atoms with Crippen molar-refractivity contribution in [3.8, 4) is 0 Å². The van der Waals surface area contributed by atoms with E-state index < -0.39 is 0 Å². The predicted molar refractivity (Wildman–Crippen MR) is 74.4 cm³/mol. The summed E-state index contributed by atoms with van der Waals surface area (Å²) in [6, 6.07) is 8.97. The molecule has 1 heteroatoms. The van der Waals surface area contributed by atoms with Crippen LogP contribution in [0, 0.1) is 5.92 Å². The molecule has 0 aliphatic heterocycles. The summed E-state index contributed by atoms with van der Waals surface area (Å²) in [6.45, 7) is 9.21. The molecule has 0 aliphatic carbocycles. The Labute approximate surface area is 106 Å². The maximum Gasteiger partial charge on any atom is 0.0436 e. The minimum absolute atomic E-state index is 0.274. The fraction of sp³-hybridized carbons (Fsp3) is 0.625. The second-order valence-corrected chi connectivity index (χ2v) is 5.34. The number of hydrogen-bond donors (Lipinski definition) is 1. The second-order valence-electron chi connectivity index (χ2n) is 5.34. The van der Waals surface area contributed by atoms with Crippen molar-refractivity contribution in [1.82, 2.24) is 0 Å². The van der Waals surface area contributed by atoms with E-state index in [1.807, 2.05) is 0 Å². The van der Waals surface area contributed by atoms with Gasteiger partial charge in [-0.05, 0) is 41.7 Å². The van der Waals surface area contributed by atoms with Crippen molar-refractivity contribution >= 4 is 0 Å². The van der Waals surface area contributed by atoms with E-state index in [0.717, 1.165) is 6.42 Å². The lowest BCUT2D eigenvalue weighted by Crippen LogP contribution is -2.09. The molecular weight excluding hydrogens is 208 g/mol. The minimum Gasteiger partial charge on any atom is -0.396 e. The van der Waals surface area contributed by atoms with Gasteiger partial charge >= 0.3 is 0 Å². The number of hydrogen-bond acceptors (Lipinski definition) is 1. The van der Waals surface area contributed by atoms with Crippen LogP contribution < -0.4 is 0 Å². The standard InChI is InChI=1S/C16H26O/c1-5-13(4)14-6-8-15(9-7-14)16(10-11-17)12(2)3/h6-9,12-13,16-17H,5,10-11H2,1-4H3. The zero-order valence-corrected chi connectivity index (χ0v) is 11.6. The summed E-state index contributed by atoms with van der Waals surface area (Å²) in [7, 11) is 0. The van der Waals surface area contributed by atoms with E-state index in [1.165, 1.54) is 17.5 Å². The van der Waals surface area contributed by atoms with E-state index in [1.54, 1.807) is 0 Å². The Morgan fingerprint density at radius 1 is 1.00 bits per heavy atom. The van der Waals surface area contributed by atoms with Crippen molar-refractivity contribution in [3.63, 3.8) is 0 Å². The van der Waals surface area contributed by atoms with Crippen molar-refractivity contribution in [2.75, 3.05) is 6.61 Å². The molecule has 0 aliphatic rings. The van der Waals surface area contributed by atoms with Gasteiger partial charge in [0, 0.05) is 6.61 Å². The van der Waals surface area contributed by atoms with Crippen molar-refractivity contribution < 1.29 is 5.11 Å². The average Bonchev–Trinajstić information content (AvgIpc) is 2.35. The van der Waals surface area contributed by atoms with Gasteiger partial charge in [0.2, 0.25) is 0 Å². The summed E-state index contributed by atoms with van der Waals surface area (Å²) in [5, 5.41) is 9.13. The zero-order chi connectivity index (χ0) is 12.8. The number of aliphatic hydroxyl groups is 1. The van der Waals surface area contributed by atoms with Crippen LogP contribution in [-0.2, 0) is 0 Å². The molecule has 0 aromatic heterocycles. The van der Waals surface area contributed by atoms with Crippen molar-refractivity contribution in [2.24, 2.45) is 5.92 Å². The third-order valence-electron chi connectivity index (χ3n) is 3.79. The van der Waals surface area contributed by atoms with Crippen LogP contribution in [-0.4, -0.2) is 11.7 Å². The second kappa shape index (κ2) is 6.80. The van der Waals surface area contributed by atoms with Gasteiger partial charge in [0.25, 0.3) is 0 Å². The summed E-state index contributed by atoms with van der Waals surface area (Å²) < 4.78 is 0. The van der Waals surface area contributed by atoms with E-state index >= 15 is 0 Å². The number of rotatable bonds is 6. The Morgan fingerprint density at radius 2 is 1.53 bits per heavy atom. The fourth-order valence-electron chi connectivity index (χ4n) is 2.33. The lowest BCUT2D eigenvalue weighted by atomic mass is 9.85. The van der Waals surface area contributed by atoms with Crippen molar-refractivity contribution in [2.45, 2.75) is 52.4 Å². The molecule has 2 atom stereocenters. The normalized spacial score (nSPS) is 14.9. The van der Waals surface area contributed by atoms with E-state index in [2.05, 4.69) is 52.0 Å². The lowest BCUT2D eigenvalue weighted by molar-refractivity contribution is 0.261. The van der Waals surface area contributed by atoms with Gasteiger partial charge in [-0.1, -0.05) is 52.0 Å². The molecule has 0 saturated carbocycles. The minimum atomic E-state index is 0.274. The van der Waals surface area contributed by atoms with Crippen molar-refractivity contribution in [1.29, 1.82) is 0 Å². The highest BCUT2D eigenvalue weighted by Crippen LogP contribution is 2.29. The molecule has 0 spiro atoms. The molecule has 2 unspecified atom stereocenters. The first kappa shape index (κ1) is 14.2. The topological polar surface area (TPSA) is 20.2 Å². The maximum absolute atomic E-state index is 9.13. The quantitative estimate of drug-likeness (QED) is 0.777. The third-order valence-corrected chi connectivity index (χ3v) is 3.79. The van der Waals surface area contributed by atoms with Gasteiger partial charge in [-0.2, -0.15) is 0 Å². The lowest BCUT2D eigenvalue weighted by Gasteiger charge is -2.21. The third kappa shape index (κ3) is 3.85. The molecule has 0 radical (unpaired) electrons. The van der Waals surface area contributed by atoms with E-state index in [9.17, 15) is 0 Å². The van der Waals surface area contributed by atoms with Gasteiger partial charge in [-0.3, -0.25) is 0 Å². The number of benzene rings is 1. The van der Waals surface area contributed by atoms with Crippen LogP contribution >= 0.6 is 0 Å². The zero-order valence-electron chi connectivity index (χ0n) is 11.6. The molecule has 1 nitrogen and oxygen atoms in total. The number of aliphatic hydroxyl groups excluding tert-OH is 1. The van der Waals surface area contributed by atoms with Gasteiger partial charge in [0.15, 0.2) is 0 Å². The molecule has 17 heavy (non-hydrogen) atoms. The molecule has 96 valence electrons. The first-order chi connectivity index (χ1) is 8.10. The first-order valence-electron chi connectivity index (χ1n) is 6.80. The molecule has 0 saturated heterocycles. The van der Waals surface area contributed by atoms with Crippen LogP contribution in [0.15, 0.2) is 24.3 Å². The monoisotopic (exact) mass is 234 g/mol. The molecule has 0 fully saturated rings. The highest BCUT2D eigenvalue weighted by atomic mass is 16.3. The summed E-state index contributed by atoms with van der Waals surface area (Å²) in [6.07, 6.45) is 2.05. The summed E-state index contributed by atoms with van der Waals surface area (Å²) in [5.74, 6) is 1.70. The van der Waals surface area contributed by atoms with E-state index in [0.29, 0.717) is 17.8 Å². The highest BCUT2D eigenvalue weighted by molar-refractivity contribution is 5.27. The van der Waals surface area contributed by atoms with Crippen LogP contribution in [0.1, 0.15) is 63.5 Å². The fourth-order valence-corrected chi connectivity index (χ4v) is 2.33. The average molecular weight is 234 g/mol. The molecule has 1 N–H and O–H groups in total. The van der Waals surface area contributed by atoms with Gasteiger partial charge < -0.3 is 5.11 Å². The molecule has 1 rings (SSSR count). The van der Waals surface area contributed by atoms with Crippen molar-refractivity contribution in [3.05, 3.63) is 35.4 Å². The highest BCUT2D eigenvalue weighted by Gasteiger charge is 2.15. The van der Waals surface area contributed by atoms with Crippen LogP contribution in [0.5, 0.6) is 0 Å². The van der Waals surface area contributed by atoms with E-state index in [-0.39, 0.29) is 6.61 Å². The van der Waals surface area contributed by atoms with E-state index in [4.69, 9.17) is 5.11 Å². The summed E-state index contributed by atoms with van der Waals surface area (Å²) in [4.78, 5) is 0. The molecule has 0 heterocycles. The van der Waals surface area contributed by atoms with Crippen LogP contribution in [0.4, 0.5) is 0 Å². The van der Waals surface area contributed by atoms with Gasteiger partial charge in [0.05, 0.1) is 0 Å². The van der Waals surface area contributed by atoms with Crippen LogP contribution in [0.25, 0.3) is 0 Å². The Bertz CT molecular complexity index is 313. The SMILES string of the molecule is CCC(C)c1ccc(C(CCO)C(C)C)cc1. The molecule has 0 bridgehead atoms. The van der Waals surface area contributed by atoms with Crippen LogP contribution in [0.2, 0.25) is 0 Å². The Morgan fingerprint density at radius 3 is 1.94 bits per heavy atom. The van der Waals surface area contributed by atoms with Gasteiger partial charge in [0.1, 0.15) is 0 Å². The summed E-state index contributed by atoms with van der Waals surface area (Å²) in [5.41, 5.74) is 2.78. The predicted octanol–water partition coefficient (Wildman–Crippen LogP) is 4.32. The Hall–Kier alpha value is -0.820. The largest absolute Gasteiger partial charge is 0.396 e. The molecule has 0 amide bonds. The maximum atomic E-state index is 9.13. The summed E-state index contributed by atoms with van der Waals surface area (Å²) >= 11 is 0. The van der Waals surface area contributed by atoms with Gasteiger partial charge in [-0.15, -0.1) is 0 Å². The van der Waals surface area contributed by atoms with Crippen LogP contribution in [0.3, 0.4) is 0 Å². The van der Waals surface area contributed by atoms with Gasteiger partial charge in [-0.25, -0.2) is 0 Å². The Balaban J connectivity index is 2.84. The molecule has 1 aromatic rings. The molecule has 1 aromatic carbocycles. The molecular formula is C16H26O. The Kier molecular flexibility index (Phi) is 5.70.